The summed E-state index contributed by atoms with van der Waals surface area (Å²) in [6.07, 6.45) is 2.63. The van der Waals surface area contributed by atoms with Crippen LogP contribution < -0.4 is 4.74 Å². The van der Waals surface area contributed by atoms with Crippen LogP contribution in [0.4, 0.5) is 0 Å². The molecule has 0 atom stereocenters. The van der Waals surface area contributed by atoms with E-state index >= 15 is 0 Å². The van der Waals surface area contributed by atoms with Crippen LogP contribution >= 0.6 is 15.9 Å². The standard InChI is InChI=1S/C12H14BrN3O3S/c1-16(20(17,18)12-8-14-15-9-12)6-7-19-11-4-2-10(13)3-5-11/h2-5,8-9H,6-7H2,1H3,(H,14,15). The smallest absolute Gasteiger partial charge is 0.246 e. The Morgan fingerprint density at radius 2 is 2.05 bits per heavy atom. The molecular weight excluding hydrogens is 346 g/mol. The third-order valence-corrected chi connectivity index (χ3v) is 5.02. The van der Waals surface area contributed by atoms with Crippen LogP contribution in [0.15, 0.2) is 46.0 Å². The molecule has 0 fully saturated rings. The second-order valence-corrected chi connectivity index (χ2v) is 7.02. The van der Waals surface area contributed by atoms with Crippen molar-refractivity contribution in [3.8, 4) is 5.75 Å². The number of benzene rings is 1. The fraction of sp³-hybridized carbons (Fsp3) is 0.250. The zero-order valence-corrected chi connectivity index (χ0v) is 13.2. The molecule has 6 nitrogen and oxygen atoms in total. The highest BCUT2D eigenvalue weighted by atomic mass is 79.9. The second-order valence-electron chi connectivity index (χ2n) is 4.06. The summed E-state index contributed by atoms with van der Waals surface area (Å²) in [4.78, 5) is 0.142. The van der Waals surface area contributed by atoms with Crippen molar-refractivity contribution in [3.05, 3.63) is 41.1 Å². The number of nitrogens with one attached hydrogen (secondary N) is 1. The number of aromatic amines is 1. The molecule has 0 amide bonds. The minimum atomic E-state index is -3.50. The first kappa shape index (κ1) is 15.0. The van der Waals surface area contributed by atoms with Crippen LogP contribution in [0.1, 0.15) is 0 Å². The molecule has 1 aromatic carbocycles. The maximum atomic E-state index is 12.1. The first-order valence-corrected chi connectivity index (χ1v) is 8.07. The summed E-state index contributed by atoms with van der Waals surface area (Å²) in [5, 5.41) is 6.13. The minimum absolute atomic E-state index is 0.142. The van der Waals surface area contributed by atoms with Crippen LogP contribution in [0.2, 0.25) is 0 Å². The average molecular weight is 360 g/mol. The molecule has 0 unspecified atom stereocenters. The Labute approximate surface area is 125 Å². The number of rotatable bonds is 6. The van der Waals surface area contributed by atoms with Crippen molar-refractivity contribution < 1.29 is 13.2 Å². The van der Waals surface area contributed by atoms with Crippen molar-refractivity contribution in [3.63, 3.8) is 0 Å². The number of halogens is 1. The van der Waals surface area contributed by atoms with Gasteiger partial charge in [0.05, 0.1) is 6.20 Å². The summed E-state index contributed by atoms with van der Waals surface area (Å²) in [6, 6.07) is 7.35. The molecule has 20 heavy (non-hydrogen) atoms. The third-order valence-electron chi connectivity index (χ3n) is 2.67. The Kier molecular flexibility index (Phi) is 4.79. The first-order valence-electron chi connectivity index (χ1n) is 5.83. The van der Waals surface area contributed by atoms with Crippen molar-refractivity contribution >= 4 is 26.0 Å². The number of H-pyrrole nitrogens is 1. The highest BCUT2D eigenvalue weighted by Crippen LogP contribution is 2.16. The third kappa shape index (κ3) is 3.59. The fourth-order valence-electron chi connectivity index (χ4n) is 1.50. The van der Waals surface area contributed by atoms with Crippen LogP contribution in [-0.2, 0) is 10.0 Å². The van der Waals surface area contributed by atoms with E-state index in [1.165, 1.54) is 23.7 Å². The van der Waals surface area contributed by atoms with Gasteiger partial charge in [0.15, 0.2) is 0 Å². The molecule has 0 aliphatic heterocycles. The normalized spacial score (nSPS) is 11.8. The highest BCUT2D eigenvalue weighted by molar-refractivity contribution is 9.10. The van der Waals surface area contributed by atoms with Gasteiger partial charge in [-0.05, 0) is 24.3 Å². The number of aromatic nitrogens is 2. The molecule has 8 heteroatoms. The minimum Gasteiger partial charge on any atom is -0.492 e. The molecule has 0 spiro atoms. The number of nitrogens with zero attached hydrogens (tertiary/aromatic N) is 2. The molecule has 0 bridgehead atoms. The van der Waals surface area contributed by atoms with Crippen molar-refractivity contribution in [2.45, 2.75) is 4.90 Å². The molecule has 2 rings (SSSR count). The lowest BCUT2D eigenvalue weighted by Crippen LogP contribution is -2.30. The second kappa shape index (κ2) is 6.38. The van der Waals surface area contributed by atoms with Crippen molar-refractivity contribution in [2.75, 3.05) is 20.2 Å². The van der Waals surface area contributed by atoms with Gasteiger partial charge in [-0.1, -0.05) is 15.9 Å². The monoisotopic (exact) mass is 359 g/mol. The van der Waals surface area contributed by atoms with Crippen molar-refractivity contribution in [1.82, 2.24) is 14.5 Å². The quantitative estimate of drug-likeness (QED) is 0.854. The number of ether oxygens (including phenoxy) is 1. The summed E-state index contributed by atoms with van der Waals surface area (Å²) in [7, 11) is -2.00. The highest BCUT2D eigenvalue weighted by Gasteiger charge is 2.21. The Morgan fingerprint density at radius 1 is 1.35 bits per heavy atom. The van der Waals surface area contributed by atoms with Gasteiger partial charge in [-0.2, -0.15) is 9.40 Å². The lowest BCUT2D eigenvalue weighted by Gasteiger charge is -2.16. The molecule has 0 aliphatic carbocycles. The number of sulfonamides is 1. The van der Waals surface area contributed by atoms with E-state index in [2.05, 4.69) is 26.1 Å². The van der Waals surface area contributed by atoms with Gasteiger partial charge in [0.1, 0.15) is 17.3 Å². The summed E-state index contributed by atoms with van der Waals surface area (Å²) < 4.78 is 31.9. The van der Waals surface area contributed by atoms with Gasteiger partial charge in [-0.15, -0.1) is 0 Å². The van der Waals surface area contributed by atoms with Gasteiger partial charge in [0, 0.05) is 24.3 Å². The Morgan fingerprint density at radius 3 is 2.65 bits per heavy atom. The average Bonchev–Trinajstić information content (AvgIpc) is 2.95. The molecule has 1 heterocycles. The topological polar surface area (TPSA) is 75.3 Å². The van der Waals surface area contributed by atoms with E-state index in [1.807, 2.05) is 24.3 Å². The molecule has 0 saturated heterocycles. The molecular formula is C12H14BrN3O3S. The molecule has 0 saturated carbocycles. The van der Waals surface area contributed by atoms with Crippen molar-refractivity contribution in [1.29, 1.82) is 0 Å². The molecule has 0 radical (unpaired) electrons. The van der Waals surface area contributed by atoms with Crippen LogP contribution in [0.3, 0.4) is 0 Å². The lowest BCUT2D eigenvalue weighted by atomic mass is 10.3. The van der Waals surface area contributed by atoms with Crippen LogP contribution in [0.25, 0.3) is 0 Å². The summed E-state index contributed by atoms with van der Waals surface area (Å²) in [6.45, 7) is 0.527. The van der Waals surface area contributed by atoms with Crippen molar-refractivity contribution in [2.24, 2.45) is 0 Å². The first-order chi connectivity index (χ1) is 9.50. The Hall–Kier alpha value is -1.38. The number of likely N-dealkylation sites (N-methyl/N-ethyl adjacent to an activating group) is 1. The van der Waals surface area contributed by atoms with Gasteiger partial charge in [0.2, 0.25) is 10.0 Å². The zero-order chi connectivity index (χ0) is 14.6. The Bertz CT molecular complexity index is 641. The lowest BCUT2D eigenvalue weighted by molar-refractivity contribution is 0.287. The van der Waals surface area contributed by atoms with E-state index in [1.54, 1.807) is 0 Å². The molecule has 108 valence electrons. The van der Waals surface area contributed by atoms with Crippen LogP contribution in [0, 0.1) is 0 Å². The molecule has 2 aromatic rings. The van der Waals surface area contributed by atoms with Crippen LogP contribution in [0.5, 0.6) is 5.75 Å². The van der Waals surface area contributed by atoms with E-state index in [0.29, 0.717) is 5.75 Å². The molecule has 0 aliphatic rings. The predicted molar refractivity (Wildman–Crippen MR) is 78.0 cm³/mol. The van der Waals surface area contributed by atoms with E-state index in [0.717, 1.165) is 4.47 Å². The summed E-state index contributed by atoms with van der Waals surface area (Å²) in [5.74, 6) is 0.697. The SMILES string of the molecule is CN(CCOc1ccc(Br)cc1)S(=O)(=O)c1cn[nH]c1. The zero-order valence-electron chi connectivity index (χ0n) is 10.8. The fourth-order valence-corrected chi connectivity index (χ4v) is 2.83. The van der Waals surface area contributed by atoms with E-state index < -0.39 is 10.0 Å². The van der Waals surface area contributed by atoms with Gasteiger partial charge in [0.25, 0.3) is 0 Å². The molecule has 1 aromatic heterocycles. The summed E-state index contributed by atoms with van der Waals surface area (Å²) >= 11 is 3.33. The van der Waals surface area contributed by atoms with Gasteiger partial charge >= 0.3 is 0 Å². The van der Waals surface area contributed by atoms with Crippen LogP contribution in [-0.4, -0.2) is 43.1 Å². The van der Waals surface area contributed by atoms with Gasteiger partial charge in [-0.3, -0.25) is 5.10 Å². The number of hydrogen-bond acceptors (Lipinski definition) is 4. The summed E-state index contributed by atoms with van der Waals surface area (Å²) in [5.41, 5.74) is 0. The number of hydrogen-bond donors (Lipinski definition) is 1. The van der Waals surface area contributed by atoms with E-state index in [4.69, 9.17) is 4.74 Å². The Balaban J connectivity index is 1.89. The van der Waals surface area contributed by atoms with Gasteiger partial charge < -0.3 is 4.74 Å². The van der Waals surface area contributed by atoms with E-state index in [9.17, 15) is 8.42 Å². The maximum Gasteiger partial charge on any atom is 0.246 e. The largest absolute Gasteiger partial charge is 0.492 e. The van der Waals surface area contributed by atoms with Gasteiger partial charge in [-0.25, -0.2) is 8.42 Å². The maximum absolute atomic E-state index is 12.1. The predicted octanol–water partition coefficient (Wildman–Crippen LogP) is 1.87. The molecule has 1 N–H and O–H groups in total. The van der Waals surface area contributed by atoms with E-state index in [-0.39, 0.29) is 18.0 Å².